The molecule has 0 bridgehead atoms. The molecule has 2 aromatic rings. The van der Waals surface area contributed by atoms with Gasteiger partial charge >= 0.3 is 0 Å². The van der Waals surface area contributed by atoms with E-state index in [1.807, 2.05) is 18.2 Å². The van der Waals surface area contributed by atoms with Crippen molar-refractivity contribution in [2.24, 2.45) is 0 Å². The first-order valence-electron chi connectivity index (χ1n) is 11.8. The number of piperidine rings is 2. The molecule has 0 spiro atoms. The molecule has 2 saturated heterocycles. The van der Waals surface area contributed by atoms with Crippen LogP contribution in [0.2, 0.25) is 0 Å². The number of hydrogen-bond acceptors (Lipinski definition) is 5. The van der Waals surface area contributed by atoms with Crippen LogP contribution in [0.4, 0.5) is 11.4 Å². The highest BCUT2D eigenvalue weighted by Crippen LogP contribution is 2.33. The summed E-state index contributed by atoms with van der Waals surface area (Å²) in [7, 11) is -1.96. The van der Waals surface area contributed by atoms with Crippen molar-refractivity contribution >= 4 is 27.3 Å². The van der Waals surface area contributed by atoms with Gasteiger partial charge in [0.25, 0.3) is 5.91 Å². The average molecular weight is 472 g/mol. The molecule has 2 heterocycles. The number of nitrogens with zero attached hydrogens (tertiary/aromatic N) is 2. The number of carbonyl (C=O) groups excluding carboxylic acids is 1. The third-order valence-corrected chi connectivity index (χ3v) is 8.29. The topological polar surface area (TPSA) is 78.9 Å². The normalized spacial score (nSPS) is 17.7. The maximum Gasteiger partial charge on any atom is 0.255 e. The predicted molar refractivity (Wildman–Crippen MR) is 130 cm³/mol. The van der Waals surface area contributed by atoms with E-state index < -0.39 is 10.0 Å². The van der Waals surface area contributed by atoms with E-state index in [2.05, 4.69) is 10.2 Å². The quantitative estimate of drug-likeness (QED) is 0.653. The molecular weight excluding hydrogens is 438 g/mol. The highest BCUT2D eigenvalue weighted by molar-refractivity contribution is 7.89. The van der Waals surface area contributed by atoms with Crippen LogP contribution in [0, 0.1) is 0 Å². The summed E-state index contributed by atoms with van der Waals surface area (Å²) < 4.78 is 33.2. The number of rotatable bonds is 7. The van der Waals surface area contributed by atoms with Crippen LogP contribution in [0.25, 0.3) is 0 Å². The van der Waals surface area contributed by atoms with Gasteiger partial charge in [0, 0.05) is 38.9 Å². The largest absolute Gasteiger partial charge is 0.380 e. The summed E-state index contributed by atoms with van der Waals surface area (Å²) in [6.45, 7) is 3.37. The number of hydrogen-bond donors (Lipinski definition) is 1. The maximum absolute atomic E-state index is 13.3. The first kappa shape index (κ1) is 23.7. The lowest BCUT2D eigenvalue weighted by Crippen LogP contribution is -2.35. The van der Waals surface area contributed by atoms with Gasteiger partial charge in [-0.1, -0.05) is 18.6 Å². The molecule has 33 heavy (non-hydrogen) atoms. The maximum atomic E-state index is 13.3. The summed E-state index contributed by atoms with van der Waals surface area (Å²) in [6, 6.07) is 12.4. The van der Waals surface area contributed by atoms with E-state index in [9.17, 15) is 13.2 Å². The minimum atomic E-state index is -3.59. The number of sulfonamides is 1. The van der Waals surface area contributed by atoms with E-state index >= 15 is 0 Å². The van der Waals surface area contributed by atoms with Gasteiger partial charge in [0.1, 0.15) is 0 Å². The van der Waals surface area contributed by atoms with Gasteiger partial charge in [0.15, 0.2) is 0 Å². The highest BCUT2D eigenvalue weighted by Gasteiger charge is 2.27. The molecule has 0 atom stereocenters. The Bertz CT molecular complexity index is 1060. The molecule has 2 fully saturated rings. The SMILES string of the molecule is COCc1ccc(C(=O)Nc2cc(S(=O)(=O)N3CCCCC3)ccc2N2CCCCC2)cc1. The van der Waals surface area contributed by atoms with Gasteiger partial charge in [-0.15, -0.1) is 0 Å². The van der Waals surface area contributed by atoms with Crippen LogP contribution in [-0.2, 0) is 21.4 Å². The standard InChI is InChI=1S/C25H33N3O4S/c1-32-19-20-8-10-21(11-9-20)25(29)26-23-18-22(33(30,31)28-16-6-3-7-17-28)12-13-24(23)27-14-4-2-5-15-27/h8-13,18H,2-7,14-17,19H2,1H3,(H,26,29). The molecule has 2 aliphatic rings. The van der Waals surface area contributed by atoms with E-state index in [1.54, 1.807) is 35.7 Å². The van der Waals surface area contributed by atoms with E-state index in [-0.39, 0.29) is 10.8 Å². The van der Waals surface area contributed by atoms with Crippen molar-refractivity contribution in [2.75, 3.05) is 43.5 Å². The summed E-state index contributed by atoms with van der Waals surface area (Å²) in [6.07, 6.45) is 6.18. The Hall–Kier alpha value is -2.42. The van der Waals surface area contributed by atoms with Crippen molar-refractivity contribution in [1.29, 1.82) is 0 Å². The lowest BCUT2D eigenvalue weighted by Gasteiger charge is -2.31. The Morgan fingerprint density at radius 3 is 2.18 bits per heavy atom. The van der Waals surface area contributed by atoms with Crippen molar-refractivity contribution in [2.45, 2.75) is 50.0 Å². The van der Waals surface area contributed by atoms with E-state index in [4.69, 9.17) is 4.74 Å². The zero-order valence-corrected chi connectivity index (χ0v) is 20.1. The highest BCUT2D eigenvalue weighted by atomic mass is 32.2. The second-order valence-electron chi connectivity index (χ2n) is 8.78. The van der Waals surface area contributed by atoms with Gasteiger partial charge in [0.05, 0.1) is 22.9 Å². The number of methoxy groups -OCH3 is 1. The summed E-state index contributed by atoms with van der Waals surface area (Å²) in [5, 5.41) is 3.00. The number of benzene rings is 2. The lowest BCUT2D eigenvalue weighted by atomic mass is 10.1. The van der Waals surface area contributed by atoms with Crippen molar-refractivity contribution in [1.82, 2.24) is 4.31 Å². The molecule has 178 valence electrons. The van der Waals surface area contributed by atoms with Crippen LogP contribution in [0.5, 0.6) is 0 Å². The zero-order chi connectivity index (χ0) is 23.3. The van der Waals surface area contributed by atoms with Crippen LogP contribution in [0.1, 0.15) is 54.4 Å². The first-order chi connectivity index (χ1) is 16.0. The summed E-state index contributed by atoms with van der Waals surface area (Å²) in [4.78, 5) is 15.5. The van der Waals surface area contributed by atoms with Gasteiger partial charge in [-0.05, 0) is 68.0 Å². The molecule has 0 aromatic heterocycles. The van der Waals surface area contributed by atoms with Gasteiger partial charge in [0.2, 0.25) is 10.0 Å². The summed E-state index contributed by atoms with van der Waals surface area (Å²) in [5.74, 6) is -0.259. The number of nitrogens with one attached hydrogen (secondary N) is 1. The molecule has 1 N–H and O–H groups in total. The third kappa shape index (κ3) is 5.57. The van der Waals surface area contributed by atoms with Crippen LogP contribution in [0.15, 0.2) is 47.4 Å². The third-order valence-electron chi connectivity index (χ3n) is 6.39. The first-order valence-corrected chi connectivity index (χ1v) is 13.2. The summed E-state index contributed by atoms with van der Waals surface area (Å²) >= 11 is 0. The monoisotopic (exact) mass is 471 g/mol. The second-order valence-corrected chi connectivity index (χ2v) is 10.7. The number of carbonyl (C=O) groups is 1. The fraction of sp³-hybridized carbons (Fsp3) is 0.480. The van der Waals surface area contributed by atoms with Gasteiger partial charge in [-0.2, -0.15) is 4.31 Å². The van der Waals surface area contributed by atoms with Gasteiger partial charge in [-0.25, -0.2) is 8.42 Å². The molecule has 2 aromatic carbocycles. The minimum absolute atomic E-state index is 0.232. The van der Waals surface area contributed by atoms with Crippen LogP contribution in [0.3, 0.4) is 0 Å². The molecule has 0 aliphatic carbocycles. The Labute approximate surface area is 196 Å². The van der Waals surface area contributed by atoms with Crippen molar-refractivity contribution in [3.8, 4) is 0 Å². The molecule has 0 unspecified atom stereocenters. The molecule has 2 aliphatic heterocycles. The smallest absolute Gasteiger partial charge is 0.255 e. The second kappa shape index (κ2) is 10.7. The van der Waals surface area contributed by atoms with Crippen molar-refractivity contribution < 1.29 is 17.9 Å². The lowest BCUT2D eigenvalue weighted by molar-refractivity contribution is 0.102. The van der Waals surface area contributed by atoms with E-state index in [0.29, 0.717) is 30.9 Å². The fourth-order valence-electron chi connectivity index (χ4n) is 4.55. The average Bonchev–Trinajstić information content (AvgIpc) is 2.85. The van der Waals surface area contributed by atoms with Crippen LogP contribution in [-0.4, -0.2) is 51.9 Å². The molecule has 1 amide bonds. The molecule has 4 rings (SSSR count). The Morgan fingerprint density at radius 2 is 1.55 bits per heavy atom. The molecule has 7 nitrogen and oxygen atoms in total. The number of anilines is 2. The Balaban J connectivity index is 1.64. The summed E-state index contributed by atoms with van der Waals surface area (Å²) in [5.41, 5.74) is 2.92. The molecule has 0 radical (unpaired) electrons. The van der Waals surface area contributed by atoms with Crippen molar-refractivity contribution in [3.63, 3.8) is 0 Å². The zero-order valence-electron chi connectivity index (χ0n) is 19.3. The van der Waals surface area contributed by atoms with Crippen LogP contribution < -0.4 is 10.2 Å². The molecule has 0 saturated carbocycles. The Kier molecular flexibility index (Phi) is 7.67. The number of amides is 1. The van der Waals surface area contributed by atoms with Crippen LogP contribution >= 0.6 is 0 Å². The molecule has 8 heteroatoms. The van der Waals surface area contributed by atoms with Gasteiger partial charge in [-0.3, -0.25) is 4.79 Å². The Morgan fingerprint density at radius 1 is 0.909 bits per heavy atom. The molecular formula is C25H33N3O4S. The van der Waals surface area contributed by atoms with E-state index in [0.717, 1.165) is 56.4 Å². The van der Waals surface area contributed by atoms with Crippen molar-refractivity contribution in [3.05, 3.63) is 53.6 Å². The minimum Gasteiger partial charge on any atom is -0.380 e. The van der Waals surface area contributed by atoms with E-state index in [1.165, 1.54) is 6.42 Å². The number of ether oxygens (including phenoxy) is 1. The predicted octanol–water partition coefficient (Wildman–Crippen LogP) is 4.25. The van der Waals surface area contributed by atoms with Gasteiger partial charge < -0.3 is 15.0 Å². The fourth-order valence-corrected chi connectivity index (χ4v) is 6.10.